The molecule has 0 saturated carbocycles. The number of esters is 11. The first-order valence-electron chi connectivity index (χ1n) is 31.6. The Bertz CT molecular complexity index is 4470. The predicted octanol–water partition coefficient (Wildman–Crippen LogP) is 8.70. The van der Waals surface area contributed by atoms with Crippen molar-refractivity contribution in [1.82, 2.24) is 9.97 Å². The van der Waals surface area contributed by atoms with Gasteiger partial charge >= 0.3 is 65.7 Å². The first kappa shape index (κ1) is 72.3. The van der Waals surface area contributed by atoms with Gasteiger partial charge in [-0.25, -0.2) is 4.79 Å². The van der Waals surface area contributed by atoms with Gasteiger partial charge in [-0.05, 0) is 95.1 Å². The molecule has 1 aliphatic carbocycles. The number of aromatic nitrogens is 2. The van der Waals surface area contributed by atoms with Crippen LogP contribution in [0.1, 0.15) is 99.1 Å². The minimum Gasteiger partial charge on any atom is -0.488 e. The van der Waals surface area contributed by atoms with Crippen LogP contribution in [0.3, 0.4) is 0 Å². The van der Waals surface area contributed by atoms with Crippen molar-refractivity contribution in [3.05, 3.63) is 167 Å². The highest BCUT2D eigenvalue weighted by Gasteiger charge is 2.57. The van der Waals surface area contributed by atoms with E-state index in [4.69, 9.17) is 71.5 Å². The molecule has 1 spiro atoms. The highest BCUT2D eigenvalue weighted by atomic mass is 16.7. The summed E-state index contributed by atoms with van der Waals surface area (Å²) in [5.74, 6) is -9.40. The Labute approximate surface area is 582 Å². The molecule has 2 aliphatic rings. The summed E-state index contributed by atoms with van der Waals surface area (Å²) in [5, 5.41) is 2.86. The van der Waals surface area contributed by atoms with Crippen molar-refractivity contribution in [3.8, 4) is 45.5 Å². The average Bonchev–Trinajstić information content (AvgIpc) is 1.35. The van der Waals surface area contributed by atoms with Crippen LogP contribution in [0, 0.1) is 6.92 Å². The Morgan fingerprint density at radius 1 is 0.412 bits per heavy atom. The zero-order valence-electron chi connectivity index (χ0n) is 56.8. The third kappa shape index (κ3) is 16.3. The fraction of sp³-hybridized carbons (Fsp3) is 0.284. The summed E-state index contributed by atoms with van der Waals surface area (Å²) in [6.45, 7) is 5.39. The van der Waals surface area contributed by atoms with E-state index in [0.29, 0.717) is 61.1 Å². The minimum atomic E-state index is -2.11. The third-order valence-corrected chi connectivity index (χ3v) is 16.3. The highest BCUT2D eigenvalue weighted by Crippen LogP contribution is 2.61. The molecule has 3 heterocycles. The monoisotopic (exact) mass is 1400 g/mol. The quantitative estimate of drug-likeness (QED) is 0.0153. The summed E-state index contributed by atoms with van der Waals surface area (Å²) in [5.41, 5.74) is 0.0454. The Hall–Kier alpha value is -12.5. The van der Waals surface area contributed by atoms with Crippen LogP contribution in [0.25, 0.3) is 44.1 Å². The molecule has 102 heavy (non-hydrogen) atoms. The van der Waals surface area contributed by atoms with Gasteiger partial charge in [0.15, 0.2) is 5.60 Å². The third-order valence-electron chi connectivity index (χ3n) is 16.3. The molecular weight excluding hydrogens is 1330 g/mol. The SMILES string of the molecule is CC(=O)OCOC(=O)CN(CC(=O)OCOC(C)=O)c1ccc(C)cc1OCCOc1cc2c(cc1N(CC(=O)OCOC(C)=O)CC(=O)OCOC(C)=O)C(=O)OC21c2cc(-c3nccc4ccccc34)c(OC(C)=O)cc2C(C)(C)c2cc(OC(C)=O)c(-c3nccc4ccccc34)cc21. The molecule has 0 saturated heterocycles. The van der Waals surface area contributed by atoms with Crippen molar-refractivity contribution in [2.45, 2.75) is 73.3 Å². The molecule has 528 valence electrons. The van der Waals surface area contributed by atoms with Crippen LogP contribution in [0.5, 0.6) is 23.0 Å². The molecule has 0 bridgehead atoms. The van der Waals surface area contributed by atoms with Gasteiger partial charge in [0, 0.05) is 97.9 Å². The summed E-state index contributed by atoms with van der Waals surface area (Å²) in [7, 11) is 0. The van der Waals surface area contributed by atoms with E-state index in [2.05, 4.69) is 0 Å². The van der Waals surface area contributed by atoms with Crippen LogP contribution in [0.15, 0.2) is 128 Å². The van der Waals surface area contributed by atoms with Crippen LogP contribution < -0.4 is 28.7 Å². The highest BCUT2D eigenvalue weighted by molar-refractivity contribution is 6.02. The second kappa shape index (κ2) is 31.2. The number of rotatable bonds is 27. The first-order chi connectivity index (χ1) is 48.7. The minimum absolute atomic E-state index is 0.0613. The van der Waals surface area contributed by atoms with Crippen molar-refractivity contribution in [3.63, 3.8) is 0 Å². The molecule has 0 N–H and O–H groups in total. The van der Waals surface area contributed by atoms with E-state index in [9.17, 15) is 47.9 Å². The number of aryl methyl sites for hydroxylation is 1. The smallest absolute Gasteiger partial charge is 0.340 e. The Balaban J connectivity index is 1.20. The van der Waals surface area contributed by atoms with Gasteiger partial charge in [-0.1, -0.05) is 68.4 Å². The van der Waals surface area contributed by atoms with Gasteiger partial charge in [-0.3, -0.25) is 57.9 Å². The fourth-order valence-electron chi connectivity index (χ4n) is 11.9. The normalized spacial score (nSPS) is 12.6. The number of nitrogens with zero attached hydrogens (tertiary/aromatic N) is 4. The van der Waals surface area contributed by atoms with Crippen molar-refractivity contribution in [2.75, 3.05) is 76.4 Å². The van der Waals surface area contributed by atoms with E-state index in [0.717, 1.165) is 43.4 Å². The molecule has 0 amide bonds. The van der Waals surface area contributed by atoms with Crippen molar-refractivity contribution in [2.24, 2.45) is 0 Å². The number of ether oxygens (including phenoxy) is 13. The average molecular weight is 1400 g/mol. The maximum absolute atomic E-state index is 15.7. The fourth-order valence-corrected chi connectivity index (χ4v) is 11.9. The molecule has 28 nitrogen and oxygen atoms in total. The number of pyridine rings is 2. The second-order valence-corrected chi connectivity index (χ2v) is 23.8. The van der Waals surface area contributed by atoms with Crippen LogP contribution in [0.4, 0.5) is 11.4 Å². The number of carbonyl (C=O) groups excluding carboxylic acids is 11. The lowest BCUT2D eigenvalue weighted by Crippen LogP contribution is -2.41. The number of fused-ring (bicyclic) bond motifs is 8. The van der Waals surface area contributed by atoms with E-state index in [1.54, 1.807) is 55.7 Å². The zero-order valence-corrected chi connectivity index (χ0v) is 56.8. The van der Waals surface area contributed by atoms with E-state index in [1.807, 2.05) is 74.5 Å². The molecule has 1 aliphatic heterocycles. The summed E-state index contributed by atoms with van der Waals surface area (Å²) in [6.07, 6.45) is 3.20. The van der Waals surface area contributed by atoms with Gasteiger partial charge < -0.3 is 71.4 Å². The zero-order chi connectivity index (χ0) is 73.2. The lowest BCUT2D eigenvalue weighted by molar-refractivity contribution is -0.167. The molecule has 10 rings (SSSR count). The van der Waals surface area contributed by atoms with Gasteiger partial charge in [0.1, 0.15) is 62.4 Å². The van der Waals surface area contributed by atoms with E-state index >= 15 is 4.79 Å². The molecular formula is C74H68N4O24. The molecule has 8 aromatic rings. The number of hydrogen-bond donors (Lipinski definition) is 0. The van der Waals surface area contributed by atoms with Crippen LogP contribution in [-0.4, -0.2) is 142 Å². The number of carbonyl (C=O) groups is 11. The lowest BCUT2D eigenvalue weighted by atomic mass is 9.61. The number of benzene rings is 6. The van der Waals surface area contributed by atoms with E-state index in [1.165, 1.54) is 36.9 Å². The van der Waals surface area contributed by atoms with Crippen molar-refractivity contribution >= 4 is 98.6 Å². The van der Waals surface area contributed by atoms with E-state index in [-0.39, 0.29) is 52.1 Å². The summed E-state index contributed by atoms with van der Waals surface area (Å²) < 4.78 is 72.7. The summed E-state index contributed by atoms with van der Waals surface area (Å²) >= 11 is 0. The van der Waals surface area contributed by atoms with Gasteiger partial charge in [-0.15, -0.1) is 0 Å². The topological polar surface area (TPSA) is 340 Å². The Morgan fingerprint density at radius 3 is 1.22 bits per heavy atom. The maximum atomic E-state index is 15.7. The van der Waals surface area contributed by atoms with Crippen LogP contribution >= 0.6 is 0 Å². The Morgan fingerprint density at radius 2 is 0.804 bits per heavy atom. The van der Waals surface area contributed by atoms with Gasteiger partial charge in [0.2, 0.25) is 27.2 Å². The standard InChI is InChI=1S/C74H68N4O24/c1-41-18-19-60(77(33-66(85)96-37-92-42(2)79)34-67(86)97-38-93-43(3)80)64(26-41)90-24-25-91-65-30-55-52(29-61(65)78(35-68(87)98-39-94-44(4)81)36-69(88)99-40-95-45(5)82)72(89)102-74(55)58-27-53(70-50-16-12-10-14-48(50)20-22-75-70)62(100-46(6)83)31-56(58)73(8,9)57-32-63(101-47(7)84)54(28-59(57)74)71-51-17-13-11-15-49(51)21-23-76-71/h10-23,26-32H,24-25,33-40H2,1-9H3. The lowest BCUT2D eigenvalue weighted by Gasteiger charge is -2.45. The molecule has 6 aromatic carbocycles. The molecule has 2 aromatic heterocycles. The van der Waals surface area contributed by atoms with Gasteiger partial charge in [0.05, 0.1) is 28.3 Å². The number of anilines is 2. The van der Waals surface area contributed by atoms with Crippen molar-refractivity contribution in [1.29, 1.82) is 0 Å². The van der Waals surface area contributed by atoms with E-state index < -0.39 is 137 Å². The first-order valence-corrected chi connectivity index (χ1v) is 31.6. The largest absolute Gasteiger partial charge is 0.488 e. The summed E-state index contributed by atoms with van der Waals surface area (Å²) in [4.78, 5) is 156. The second-order valence-electron chi connectivity index (χ2n) is 23.8. The number of hydrogen-bond acceptors (Lipinski definition) is 28. The molecule has 0 unspecified atom stereocenters. The molecule has 0 atom stereocenters. The van der Waals surface area contributed by atoms with Crippen LogP contribution in [0.2, 0.25) is 0 Å². The molecule has 0 radical (unpaired) electrons. The molecule has 0 fully saturated rings. The maximum Gasteiger partial charge on any atom is 0.340 e. The van der Waals surface area contributed by atoms with Gasteiger partial charge in [-0.2, -0.15) is 0 Å². The van der Waals surface area contributed by atoms with Gasteiger partial charge in [0.25, 0.3) is 0 Å². The predicted molar refractivity (Wildman–Crippen MR) is 358 cm³/mol. The molecule has 28 heteroatoms. The Kier molecular flexibility index (Phi) is 22.1. The van der Waals surface area contributed by atoms with Crippen molar-refractivity contribution < 1.29 is 114 Å². The summed E-state index contributed by atoms with van der Waals surface area (Å²) in [6, 6.07) is 32.8. The van der Waals surface area contributed by atoms with Crippen LogP contribution in [-0.2, 0) is 102 Å².